The van der Waals surface area contributed by atoms with Crippen LogP contribution in [-0.4, -0.2) is 38.4 Å². The molecule has 0 aromatic carbocycles. The van der Waals surface area contributed by atoms with Crippen LogP contribution in [0.5, 0.6) is 0 Å². The fraction of sp³-hybridized carbons (Fsp3) is 0.429. The Balaban J connectivity index is 2.20. The minimum absolute atomic E-state index is 0.0735. The molecule has 2 amide bonds. The predicted octanol–water partition coefficient (Wildman–Crippen LogP) is 2.11. The molecule has 0 fully saturated rings. The number of amides is 2. The lowest BCUT2D eigenvalue weighted by atomic mass is 10.3. The highest BCUT2D eigenvalue weighted by molar-refractivity contribution is 9.10. The lowest BCUT2D eigenvalue weighted by Gasteiger charge is -2.06. The number of anilines is 1. The minimum atomic E-state index is -2.75. The van der Waals surface area contributed by atoms with Crippen molar-refractivity contribution in [2.24, 2.45) is 0 Å². The highest BCUT2D eigenvalue weighted by Crippen LogP contribution is 2.29. The third-order valence-electron chi connectivity index (χ3n) is 3.46. The Hall–Kier alpha value is -2.30. The van der Waals surface area contributed by atoms with Crippen LogP contribution < -0.4 is 10.6 Å². The van der Waals surface area contributed by atoms with E-state index < -0.39 is 23.9 Å². The number of aryl methyl sites for hydroxylation is 1. The molecule has 0 aliphatic rings. The Morgan fingerprint density at radius 3 is 2.56 bits per heavy atom. The largest absolute Gasteiger partial charge is 0.354 e. The lowest BCUT2D eigenvalue weighted by molar-refractivity contribution is -0.117. The summed E-state index contributed by atoms with van der Waals surface area (Å²) in [7, 11) is 1.45. The van der Waals surface area contributed by atoms with Crippen molar-refractivity contribution in [2.75, 3.05) is 12.4 Å². The lowest BCUT2D eigenvalue weighted by Crippen LogP contribution is -2.24. The first-order valence-corrected chi connectivity index (χ1v) is 8.18. The molecule has 2 aromatic rings. The van der Waals surface area contributed by atoms with E-state index in [2.05, 4.69) is 36.8 Å². The van der Waals surface area contributed by atoms with Gasteiger partial charge < -0.3 is 10.6 Å². The summed E-state index contributed by atoms with van der Waals surface area (Å²) in [6.07, 6.45) is -1.22. The zero-order valence-corrected chi connectivity index (χ0v) is 15.4. The van der Waals surface area contributed by atoms with Crippen molar-refractivity contribution in [3.63, 3.8) is 0 Å². The quantitative estimate of drug-likeness (QED) is 0.750. The van der Waals surface area contributed by atoms with Crippen LogP contribution in [0.2, 0.25) is 0 Å². The number of halogens is 3. The molecule has 0 saturated heterocycles. The highest BCUT2D eigenvalue weighted by atomic mass is 79.9. The predicted molar refractivity (Wildman–Crippen MR) is 89.5 cm³/mol. The summed E-state index contributed by atoms with van der Waals surface area (Å²) in [5.74, 6) is -0.958. The molecule has 0 bridgehead atoms. The van der Waals surface area contributed by atoms with E-state index in [4.69, 9.17) is 0 Å². The van der Waals surface area contributed by atoms with Gasteiger partial charge in [0.2, 0.25) is 5.91 Å². The topological polar surface area (TPSA) is 93.8 Å². The van der Waals surface area contributed by atoms with E-state index >= 15 is 0 Å². The fourth-order valence-electron chi connectivity index (χ4n) is 2.13. The number of nitrogens with one attached hydrogen (secondary N) is 2. The molecule has 0 atom stereocenters. The van der Waals surface area contributed by atoms with Crippen molar-refractivity contribution in [1.29, 1.82) is 0 Å². The van der Waals surface area contributed by atoms with Crippen LogP contribution in [0.1, 0.15) is 35.2 Å². The Bertz CT molecular complexity index is 802. The summed E-state index contributed by atoms with van der Waals surface area (Å²) >= 11 is 3.05. The SMILES string of the molecule is CCn1cc(NC(=O)Cn2nc(C(F)F)c(Br)c2C)c(C(=O)NC)n1. The molecule has 2 rings (SSSR count). The number of carbonyl (C=O) groups is 2. The zero-order chi connectivity index (χ0) is 18.7. The van der Waals surface area contributed by atoms with Crippen LogP contribution in [0, 0.1) is 6.92 Å². The summed E-state index contributed by atoms with van der Waals surface area (Å²) in [5.41, 5.74) is 0.296. The van der Waals surface area contributed by atoms with Gasteiger partial charge in [-0.05, 0) is 29.8 Å². The van der Waals surface area contributed by atoms with Crippen molar-refractivity contribution in [3.05, 3.63) is 27.8 Å². The maximum Gasteiger partial charge on any atom is 0.283 e. The van der Waals surface area contributed by atoms with Gasteiger partial charge in [0, 0.05) is 19.8 Å². The number of hydrogen-bond acceptors (Lipinski definition) is 4. The van der Waals surface area contributed by atoms with Crippen LogP contribution in [0.3, 0.4) is 0 Å². The van der Waals surface area contributed by atoms with Crippen LogP contribution in [0.15, 0.2) is 10.7 Å². The summed E-state index contributed by atoms with van der Waals surface area (Å²) in [6.45, 7) is 3.65. The Kier molecular flexibility index (Phi) is 5.88. The van der Waals surface area contributed by atoms with Crippen molar-refractivity contribution >= 4 is 33.4 Å². The van der Waals surface area contributed by atoms with Crippen LogP contribution in [0.4, 0.5) is 14.5 Å². The van der Waals surface area contributed by atoms with Gasteiger partial charge in [0.1, 0.15) is 12.2 Å². The second kappa shape index (κ2) is 7.72. The van der Waals surface area contributed by atoms with Crippen LogP contribution in [0.25, 0.3) is 0 Å². The molecule has 0 unspecified atom stereocenters. The fourth-order valence-corrected chi connectivity index (χ4v) is 2.58. The van der Waals surface area contributed by atoms with Gasteiger partial charge in [0.25, 0.3) is 12.3 Å². The Labute approximate surface area is 150 Å². The van der Waals surface area contributed by atoms with Gasteiger partial charge >= 0.3 is 0 Å². The van der Waals surface area contributed by atoms with E-state index in [-0.39, 0.29) is 22.4 Å². The van der Waals surface area contributed by atoms with Gasteiger partial charge in [-0.2, -0.15) is 10.2 Å². The van der Waals surface area contributed by atoms with Gasteiger partial charge in [-0.25, -0.2) is 8.78 Å². The first-order valence-electron chi connectivity index (χ1n) is 7.38. The molecule has 0 aliphatic heterocycles. The first kappa shape index (κ1) is 19.0. The molecule has 2 N–H and O–H groups in total. The van der Waals surface area contributed by atoms with Gasteiger partial charge in [0.05, 0.1) is 15.9 Å². The number of carbonyl (C=O) groups excluding carboxylic acids is 2. The summed E-state index contributed by atoms with van der Waals surface area (Å²) in [4.78, 5) is 24.1. The van der Waals surface area contributed by atoms with Crippen LogP contribution in [-0.2, 0) is 17.9 Å². The van der Waals surface area contributed by atoms with Gasteiger partial charge in [-0.15, -0.1) is 0 Å². The number of alkyl halides is 2. The normalized spacial score (nSPS) is 11.0. The summed E-state index contributed by atoms with van der Waals surface area (Å²) < 4.78 is 28.6. The van der Waals surface area contributed by atoms with Gasteiger partial charge in [-0.3, -0.25) is 19.0 Å². The molecule has 136 valence electrons. The van der Waals surface area contributed by atoms with Crippen molar-refractivity contribution in [1.82, 2.24) is 24.9 Å². The summed E-state index contributed by atoms with van der Waals surface area (Å²) in [6, 6.07) is 0. The van der Waals surface area contributed by atoms with Crippen molar-refractivity contribution < 1.29 is 18.4 Å². The average molecular weight is 419 g/mol. The smallest absolute Gasteiger partial charge is 0.283 e. The Morgan fingerprint density at radius 1 is 1.36 bits per heavy atom. The number of aromatic nitrogens is 4. The maximum absolute atomic E-state index is 12.9. The van der Waals surface area contributed by atoms with E-state index in [1.54, 1.807) is 6.92 Å². The van der Waals surface area contributed by atoms with E-state index in [0.29, 0.717) is 12.2 Å². The molecule has 25 heavy (non-hydrogen) atoms. The molecule has 0 aliphatic carbocycles. The molecule has 0 radical (unpaired) electrons. The summed E-state index contributed by atoms with van der Waals surface area (Å²) in [5, 5.41) is 12.8. The van der Waals surface area contributed by atoms with Crippen molar-refractivity contribution in [2.45, 2.75) is 33.4 Å². The van der Waals surface area contributed by atoms with Gasteiger partial charge in [-0.1, -0.05) is 0 Å². The van der Waals surface area contributed by atoms with E-state index in [1.165, 1.54) is 22.6 Å². The second-order valence-corrected chi connectivity index (χ2v) is 5.91. The molecule has 0 spiro atoms. The van der Waals surface area contributed by atoms with Gasteiger partial charge in [0.15, 0.2) is 5.69 Å². The number of hydrogen-bond donors (Lipinski definition) is 2. The monoisotopic (exact) mass is 418 g/mol. The molecular weight excluding hydrogens is 402 g/mol. The molecule has 2 aromatic heterocycles. The highest BCUT2D eigenvalue weighted by Gasteiger charge is 2.22. The van der Waals surface area contributed by atoms with Crippen molar-refractivity contribution in [3.8, 4) is 0 Å². The Morgan fingerprint density at radius 2 is 2.04 bits per heavy atom. The van der Waals surface area contributed by atoms with Crippen LogP contribution >= 0.6 is 15.9 Å². The zero-order valence-electron chi connectivity index (χ0n) is 13.8. The maximum atomic E-state index is 12.9. The third kappa shape index (κ3) is 4.03. The molecule has 0 saturated carbocycles. The van der Waals surface area contributed by atoms with E-state index in [0.717, 1.165) is 0 Å². The van der Waals surface area contributed by atoms with E-state index in [1.807, 2.05) is 6.92 Å². The first-order chi connectivity index (χ1) is 11.8. The second-order valence-electron chi connectivity index (χ2n) is 5.12. The minimum Gasteiger partial charge on any atom is -0.354 e. The molecule has 8 nitrogen and oxygen atoms in total. The number of rotatable bonds is 6. The number of nitrogens with zero attached hydrogens (tertiary/aromatic N) is 4. The standard InChI is InChI=1S/C14H17BrF2N6O2/c1-4-22-5-8(11(20-22)14(25)18-3)19-9(24)6-23-7(2)10(15)12(21-23)13(16)17/h5,13H,4,6H2,1-3H3,(H,18,25)(H,19,24). The third-order valence-corrected chi connectivity index (χ3v) is 4.44. The molecular formula is C14H17BrF2N6O2. The molecule has 11 heteroatoms. The van der Waals surface area contributed by atoms with E-state index in [9.17, 15) is 18.4 Å². The molecule has 2 heterocycles. The average Bonchev–Trinajstić information content (AvgIpc) is 3.10.